The zero-order chi connectivity index (χ0) is 21.4. The molecule has 150 valence electrons. The zero-order valence-electron chi connectivity index (χ0n) is 18.2. The topological polar surface area (TPSA) is 0 Å². The first kappa shape index (κ1) is 17.7. The third-order valence-corrected chi connectivity index (χ3v) is 7.10. The van der Waals surface area contributed by atoms with E-state index in [0.29, 0.717) is 0 Å². The summed E-state index contributed by atoms with van der Waals surface area (Å²) in [6, 6.07) is 36.3. The van der Waals surface area contributed by atoms with Crippen molar-refractivity contribution < 1.29 is 0 Å². The van der Waals surface area contributed by atoms with Gasteiger partial charge in [0, 0.05) is 0 Å². The van der Waals surface area contributed by atoms with Crippen LogP contribution in [0.2, 0.25) is 0 Å². The summed E-state index contributed by atoms with van der Waals surface area (Å²) in [6.45, 7) is 4.38. The van der Waals surface area contributed by atoms with Gasteiger partial charge in [-0.3, -0.25) is 0 Å². The highest BCUT2D eigenvalue weighted by Gasteiger charge is 2.14. The van der Waals surface area contributed by atoms with Crippen LogP contribution in [-0.4, -0.2) is 0 Å². The van der Waals surface area contributed by atoms with E-state index in [0.717, 1.165) is 0 Å². The molecular formula is C32H22. The summed E-state index contributed by atoms with van der Waals surface area (Å²) in [7, 11) is 0. The van der Waals surface area contributed by atoms with Gasteiger partial charge in [-0.25, -0.2) is 0 Å². The van der Waals surface area contributed by atoms with E-state index in [-0.39, 0.29) is 0 Å². The van der Waals surface area contributed by atoms with Gasteiger partial charge >= 0.3 is 0 Å². The van der Waals surface area contributed by atoms with Crippen LogP contribution in [0, 0.1) is 13.8 Å². The highest BCUT2D eigenvalue weighted by atomic mass is 14.2. The van der Waals surface area contributed by atoms with Crippen molar-refractivity contribution in [3.05, 3.63) is 108 Å². The van der Waals surface area contributed by atoms with Gasteiger partial charge in [-0.15, -0.1) is 0 Å². The lowest BCUT2D eigenvalue weighted by atomic mass is 9.88. The van der Waals surface area contributed by atoms with E-state index in [1.54, 1.807) is 0 Å². The Hall–Kier alpha value is -3.90. The van der Waals surface area contributed by atoms with Crippen molar-refractivity contribution in [1.82, 2.24) is 0 Å². The Morgan fingerprint density at radius 3 is 0.969 bits per heavy atom. The van der Waals surface area contributed by atoms with Crippen molar-refractivity contribution in [2.24, 2.45) is 0 Å². The summed E-state index contributed by atoms with van der Waals surface area (Å²) in [4.78, 5) is 0. The summed E-state index contributed by atoms with van der Waals surface area (Å²) < 4.78 is 0. The normalized spacial score (nSPS) is 12.1. The standard InChI is InChI=1S/C32H22/c1-19-11-13-25-21-7-3-5-9-23(21)29-18-32-28-16-20(2)12-14-26(28)22-8-4-6-10-24(22)30(32)17-31(29)27(25)15-19/h3-18H,1-2H3. The van der Waals surface area contributed by atoms with Crippen LogP contribution in [0.1, 0.15) is 11.1 Å². The van der Waals surface area contributed by atoms with Crippen LogP contribution in [0.3, 0.4) is 0 Å². The Morgan fingerprint density at radius 2 is 0.562 bits per heavy atom. The van der Waals surface area contributed by atoms with Gasteiger partial charge in [0.1, 0.15) is 0 Å². The lowest BCUT2D eigenvalue weighted by Gasteiger charge is -2.15. The van der Waals surface area contributed by atoms with Crippen molar-refractivity contribution in [3.8, 4) is 0 Å². The Morgan fingerprint density at radius 1 is 0.281 bits per heavy atom. The first-order valence-electron chi connectivity index (χ1n) is 11.3. The summed E-state index contributed by atoms with van der Waals surface area (Å²) in [5.74, 6) is 0. The van der Waals surface area contributed by atoms with E-state index in [1.165, 1.54) is 75.8 Å². The highest BCUT2D eigenvalue weighted by molar-refractivity contribution is 6.32. The van der Waals surface area contributed by atoms with E-state index < -0.39 is 0 Å². The predicted molar refractivity (Wildman–Crippen MR) is 141 cm³/mol. The fourth-order valence-corrected chi connectivity index (χ4v) is 5.63. The molecule has 7 rings (SSSR count). The van der Waals surface area contributed by atoms with Gasteiger partial charge in [0.2, 0.25) is 0 Å². The monoisotopic (exact) mass is 406 g/mol. The molecule has 7 aromatic rings. The fraction of sp³-hybridized carbons (Fsp3) is 0.0625. The molecule has 0 heterocycles. The van der Waals surface area contributed by atoms with E-state index in [2.05, 4.69) is 111 Å². The van der Waals surface area contributed by atoms with Crippen LogP contribution in [0.15, 0.2) is 97.1 Å². The molecule has 0 bridgehead atoms. The minimum atomic E-state index is 1.30. The summed E-state index contributed by atoms with van der Waals surface area (Å²) in [6.07, 6.45) is 0. The van der Waals surface area contributed by atoms with Gasteiger partial charge in [0.05, 0.1) is 0 Å². The molecule has 0 aliphatic rings. The first-order chi connectivity index (χ1) is 15.7. The second-order valence-corrected chi connectivity index (χ2v) is 9.13. The van der Waals surface area contributed by atoms with Gasteiger partial charge in [-0.2, -0.15) is 0 Å². The fourth-order valence-electron chi connectivity index (χ4n) is 5.63. The average molecular weight is 407 g/mol. The smallest absolute Gasteiger partial charge is 0.00922 e. The van der Waals surface area contributed by atoms with Crippen LogP contribution in [0.25, 0.3) is 64.6 Å². The molecule has 32 heavy (non-hydrogen) atoms. The lowest BCUT2D eigenvalue weighted by molar-refractivity contribution is 1.51. The quantitative estimate of drug-likeness (QED) is 0.174. The van der Waals surface area contributed by atoms with E-state index in [1.807, 2.05) is 0 Å². The maximum Gasteiger partial charge on any atom is -0.00922 e. The molecule has 0 spiro atoms. The SMILES string of the molecule is Cc1ccc2c3ccccc3c3cc4c5cc(C)ccc5c5ccccc5c4cc3c2c1. The molecule has 0 nitrogen and oxygen atoms in total. The number of aryl methyl sites for hydroxylation is 2. The Labute approximate surface area is 186 Å². The number of benzene rings is 7. The van der Waals surface area contributed by atoms with E-state index in [4.69, 9.17) is 0 Å². The van der Waals surface area contributed by atoms with Crippen LogP contribution in [-0.2, 0) is 0 Å². The Kier molecular flexibility index (Phi) is 3.50. The van der Waals surface area contributed by atoms with Crippen molar-refractivity contribution in [2.45, 2.75) is 13.8 Å². The minimum absolute atomic E-state index is 1.30. The molecular weight excluding hydrogens is 384 g/mol. The van der Waals surface area contributed by atoms with Gasteiger partial charge < -0.3 is 0 Å². The minimum Gasteiger partial charge on any atom is -0.0616 e. The first-order valence-corrected chi connectivity index (χ1v) is 11.3. The molecule has 0 aromatic heterocycles. The molecule has 0 aliphatic heterocycles. The van der Waals surface area contributed by atoms with Gasteiger partial charge in [-0.1, -0.05) is 96.1 Å². The molecule has 0 aliphatic carbocycles. The van der Waals surface area contributed by atoms with Crippen LogP contribution >= 0.6 is 0 Å². The largest absolute Gasteiger partial charge is 0.0616 e. The zero-order valence-corrected chi connectivity index (χ0v) is 18.2. The Balaban J connectivity index is 1.84. The second-order valence-electron chi connectivity index (χ2n) is 9.13. The molecule has 0 radical (unpaired) electrons. The summed E-state index contributed by atoms with van der Waals surface area (Å²) in [5.41, 5.74) is 2.60. The number of hydrogen-bond donors (Lipinski definition) is 0. The molecule has 0 unspecified atom stereocenters. The molecule has 0 N–H and O–H groups in total. The van der Waals surface area contributed by atoms with Crippen molar-refractivity contribution >= 4 is 64.6 Å². The maximum absolute atomic E-state index is 2.45. The number of hydrogen-bond acceptors (Lipinski definition) is 0. The second kappa shape index (κ2) is 6.31. The van der Waals surface area contributed by atoms with Crippen molar-refractivity contribution in [3.63, 3.8) is 0 Å². The molecule has 0 heteroatoms. The average Bonchev–Trinajstić information content (AvgIpc) is 2.83. The molecule has 0 saturated carbocycles. The molecule has 0 amide bonds. The summed E-state index contributed by atoms with van der Waals surface area (Å²) in [5, 5.41) is 16.0. The third-order valence-electron chi connectivity index (χ3n) is 7.10. The number of rotatable bonds is 0. The van der Waals surface area contributed by atoms with Crippen LogP contribution < -0.4 is 0 Å². The van der Waals surface area contributed by atoms with Gasteiger partial charge in [-0.05, 0) is 90.6 Å². The Bertz CT molecular complexity index is 1750. The van der Waals surface area contributed by atoms with Crippen LogP contribution in [0.5, 0.6) is 0 Å². The lowest BCUT2D eigenvalue weighted by Crippen LogP contribution is -1.88. The van der Waals surface area contributed by atoms with E-state index in [9.17, 15) is 0 Å². The van der Waals surface area contributed by atoms with Gasteiger partial charge in [0.15, 0.2) is 0 Å². The predicted octanol–water partition coefficient (Wildman–Crippen LogP) is 9.22. The third kappa shape index (κ3) is 2.32. The highest BCUT2D eigenvalue weighted by Crippen LogP contribution is 2.42. The van der Waals surface area contributed by atoms with Crippen LogP contribution in [0.4, 0.5) is 0 Å². The van der Waals surface area contributed by atoms with Crippen molar-refractivity contribution in [2.75, 3.05) is 0 Å². The summed E-state index contributed by atoms with van der Waals surface area (Å²) >= 11 is 0. The molecule has 0 fully saturated rings. The van der Waals surface area contributed by atoms with E-state index >= 15 is 0 Å². The van der Waals surface area contributed by atoms with Gasteiger partial charge in [0.25, 0.3) is 0 Å². The molecule has 0 saturated heterocycles. The number of fused-ring (bicyclic) bond motifs is 12. The molecule has 7 aromatic carbocycles. The maximum atomic E-state index is 2.45. The van der Waals surface area contributed by atoms with Crippen molar-refractivity contribution in [1.29, 1.82) is 0 Å². The molecule has 0 atom stereocenters.